The molecule has 0 aromatic heterocycles. The number of carbonyl (C=O) groups excluding carboxylic acids is 1. The predicted octanol–water partition coefficient (Wildman–Crippen LogP) is 1.50. The summed E-state index contributed by atoms with van der Waals surface area (Å²) >= 11 is 0. The van der Waals surface area contributed by atoms with Crippen LogP contribution in [0.3, 0.4) is 0 Å². The molecule has 0 aliphatic rings. The summed E-state index contributed by atoms with van der Waals surface area (Å²) in [6.07, 6.45) is 0. The average molecular weight is 236 g/mol. The van der Waals surface area contributed by atoms with E-state index in [1.807, 2.05) is 44.2 Å². The number of hydrogen-bond donors (Lipinski definition) is 3. The van der Waals surface area contributed by atoms with E-state index in [0.29, 0.717) is 6.54 Å². The Bertz CT molecular complexity index is 339. The molecule has 1 aromatic carbocycles. The fourth-order valence-corrected chi connectivity index (χ4v) is 1.42. The van der Waals surface area contributed by atoms with E-state index in [4.69, 9.17) is 5.11 Å². The van der Waals surface area contributed by atoms with Gasteiger partial charge in [-0.25, -0.2) is 4.79 Å². The number of hydrogen-bond acceptors (Lipinski definition) is 2. The Kier molecular flexibility index (Phi) is 5.49. The van der Waals surface area contributed by atoms with Crippen molar-refractivity contribution in [2.45, 2.75) is 26.4 Å². The van der Waals surface area contributed by atoms with Crippen molar-refractivity contribution in [2.24, 2.45) is 5.92 Å². The molecule has 0 spiro atoms. The maximum absolute atomic E-state index is 11.6. The molecule has 0 aliphatic carbocycles. The zero-order chi connectivity index (χ0) is 12.7. The van der Waals surface area contributed by atoms with Crippen molar-refractivity contribution in [3.63, 3.8) is 0 Å². The molecule has 3 N–H and O–H groups in total. The highest BCUT2D eigenvalue weighted by atomic mass is 16.3. The summed E-state index contributed by atoms with van der Waals surface area (Å²) in [5, 5.41) is 14.6. The van der Waals surface area contributed by atoms with Crippen LogP contribution < -0.4 is 10.6 Å². The molecule has 17 heavy (non-hydrogen) atoms. The molecule has 4 heteroatoms. The molecule has 0 radical (unpaired) electrons. The van der Waals surface area contributed by atoms with E-state index in [1.165, 1.54) is 0 Å². The van der Waals surface area contributed by atoms with Gasteiger partial charge in [-0.3, -0.25) is 0 Å². The number of aliphatic hydroxyl groups excluding tert-OH is 1. The lowest BCUT2D eigenvalue weighted by molar-refractivity contribution is 0.198. The normalized spacial score (nSPS) is 12.2. The SMILES string of the molecule is CC(C)[C@@H](CO)NC(=O)NCc1ccccc1. The van der Waals surface area contributed by atoms with E-state index in [0.717, 1.165) is 5.56 Å². The second kappa shape index (κ2) is 6.91. The van der Waals surface area contributed by atoms with Crippen LogP contribution in [0.25, 0.3) is 0 Å². The second-order valence-corrected chi connectivity index (χ2v) is 4.35. The first-order valence-electron chi connectivity index (χ1n) is 5.82. The van der Waals surface area contributed by atoms with E-state index < -0.39 is 0 Å². The molecule has 94 valence electrons. The number of rotatable bonds is 5. The number of amides is 2. The highest BCUT2D eigenvalue weighted by Crippen LogP contribution is 2.00. The highest BCUT2D eigenvalue weighted by Gasteiger charge is 2.14. The van der Waals surface area contributed by atoms with Crippen molar-refractivity contribution < 1.29 is 9.90 Å². The van der Waals surface area contributed by atoms with E-state index in [-0.39, 0.29) is 24.6 Å². The summed E-state index contributed by atoms with van der Waals surface area (Å²) in [5.74, 6) is 0.211. The van der Waals surface area contributed by atoms with E-state index in [2.05, 4.69) is 10.6 Å². The lowest BCUT2D eigenvalue weighted by atomic mass is 10.1. The summed E-state index contributed by atoms with van der Waals surface area (Å²) in [4.78, 5) is 11.6. The van der Waals surface area contributed by atoms with E-state index in [1.54, 1.807) is 0 Å². The van der Waals surface area contributed by atoms with Crippen LogP contribution in [-0.2, 0) is 6.54 Å². The van der Waals surface area contributed by atoms with Gasteiger partial charge in [-0.15, -0.1) is 0 Å². The van der Waals surface area contributed by atoms with Crippen molar-refractivity contribution >= 4 is 6.03 Å². The van der Waals surface area contributed by atoms with Gasteiger partial charge in [-0.05, 0) is 11.5 Å². The summed E-state index contributed by atoms with van der Waals surface area (Å²) < 4.78 is 0. The largest absolute Gasteiger partial charge is 0.394 e. The van der Waals surface area contributed by atoms with Gasteiger partial charge in [0.2, 0.25) is 0 Å². The summed E-state index contributed by atoms with van der Waals surface area (Å²) in [7, 11) is 0. The fraction of sp³-hybridized carbons (Fsp3) is 0.462. The number of urea groups is 1. The van der Waals surface area contributed by atoms with E-state index >= 15 is 0 Å². The van der Waals surface area contributed by atoms with Crippen molar-refractivity contribution in [3.8, 4) is 0 Å². The molecular weight excluding hydrogens is 216 g/mol. The quantitative estimate of drug-likeness (QED) is 0.725. The lowest BCUT2D eigenvalue weighted by Gasteiger charge is -2.20. The van der Waals surface area contributed by atoms with Gasteiger partial charge in [0.1, 0.15) is 0 Å². The van der Waals surface area contributed by atoms with Crippen molar-refractivity contribution in [2.75, 3.05) is 6.61 Å². The van der Waals surface area contributed by atoms with E-state index in [9.17, 15) is 4.79 Å². The van der Waals surface area contributed by atoms with Gasteiger partial charge in [0.15, 0.2) is 0 Å². The van der Waals surface area contributed by atoms with Crippen LogP contribution in [0, 0.1) is 5.92 Å². The van der Waals surface area contributed by atoms with Crippen LogP contribution in [0.4, 0.5) is 4.79 Å². The van der Waals surface area contributed by atoms with Crippen molar-refractivity contribution in [1.29, 1.82) is 0 Å². The molecule has 2 amide bonds. The Morgan fingerprint density at radius 1 is 1.29 bits per heavy atom. The minimum Gasteiger partial charge on any atom is -0.394 e. The van der Waals surface area contributed by atoms with Gasteiger partial charge in [-0.1, -0.05) is 44.2 Å². The fourth-order valence-electron chi connectivity index (χ4n) is 1.42. The summed E-state index contributed by atoms with van der Waals surface area (Å²) in [6, 6.07) is 9.24. The van der Waals surface area contributed by atoms with Crippen molar-refractivity contribution in [1.82, 2.24) is 10.6 Å². The zero-order valence-electron chi connectivity index (χ0n) is 10.3. The summed E-state index contributed by atoms with van der Waals surface area (Å²) in [5.41, 5.74) is 1.05. The molecule has 1 aromatic rings. The molecule has 1 rings (SSSR count). The third kappa shape index (κ3) is 4.87. The number of carbonyl (C=O) groups is 1. The van der Waals surface area contributed by atoms with Gasteiger partial charge in [-0.2, -0.15) is 0 Å². The Balaban J connectivity index is 2.35. The van der Waals surface area contributed by atoms with Crippen molar-refractivity contribution in [3.05, 3.63) is 35.9 Å². The molecular formula is C13H20N2O2. The molecule has 0 heterocycles. The minimum absolute atomic E-state index is 0.0452. The average Bonchev–Trinajstić information content (AvgIpc) is 2.34. The van der Waals surface area contributed by atoms with Gasteiger partial charge in [0.05, 0.1) is 12.6 Å². The van der Waals surface area contributed by atoms with Gasteiger partial charge in [0, 0.05) is 6.54 Å². The minimum atomic E-state index is -0.249. The van der Waals surface area contributed by atoms with Crippen LogP contribution in [0.1, 0.15) is 19.4 Å². The Hall–Kier alpha value is -1.55. The third-order valence-electron chi connectivity index (χ3n) is 2.61. The van der Waals surface area contributed by atoms with Crippen LogP contribution in [-0.4, -0.2) is 23.8 Å². The Labute approximate surface area is 102 Å². The Morgan fingerprint density at radius 2 is 1.94 bits per heavy atom. The zero-order valence-corrected chi connectivity index (χ0v) is 10.3. The first kappa shape index (κ1) is 13.5. The van der Waals surface area contributed by atoms with Crippen LogP contribution >= 0.6 is 0 Å². The van der Waals surface area contributed by atoms with Crippen LogP contribution in [0.5, 0.6) is 0 Å². The first-order chi connectivity index (χ1) is 8.13. The highest BCUT2D eigenvalue weighted by molar-refractivity contribution is 5.74. The third-order valence-corrected chi connectivity index (χ3v) is 2.61. The lowest BCUT2D eigenvalue weighted by Crippen LogP contribution is -2.46. The van der Waals surface area contributed by atoms with Gasteiger partial charge < -0.3 is 15.7 Å². The molecule has 0 saturated heterocycles. The topological polar surface area (TPSA) is 61.4 Å². The number of benzene rings is 1. The number of nitrogens with one attached hydrogen (secondary N) is 2. The second-order valence-electron chi connectivity index (χ2n) is 4.35. The first-order valence-corrected chi connectivity index (χ1v) is 5.82. The molecule has 4 nitrogen and oxygen atoms in total. The maximum Gasteiger partial charge on any atom is 0.315 e. The predicted molar refractivity (Wildman–Crippen MR) is 67.5 cm³/mol. The molecule has 0 unspecified atom stereocenters. The number of aliphatic hydroxyl groups is 1. The maximum atomic E-state index is 11.6. The molecule has 0 saturated carbocycles. The Morgan fingerprint density at radius 3 is 2.47 bits per heavy atom. The van der Waals surface area contributed by atoms with Gasteiger partial charge >= 0.3 is 6.03 Å². The smallest absolute Gasteiger partial charge is 0.315 e. The van der Waals surface area contributed by atoms with Gasteiger partial charge in [0.25, 0.3) is 0 Å². The van der Waals surface area contributed by atoms with Crippen LogP contribution in [0.2, 0.25) is 0 Å². The molecule has 0 bridgehead atoms. The standard InChI is InChI=1S/C13H20N2O2/c1-10(2)12(9-16)15-13(17)14-8-11-6-4-3-5-7-11/h3-7,10,12,16H,8-9H2,1-2H3,(H2,14,15,17)/t12-/m1/s1. The molecule has 0 fully saturated rings. The molecule has 0 aliphatic heterocycles. The summed E-state index contributed by atoms with van der Waals surface area (Å²) in [6.45, 7) is 4.36. The van der Waals surface area contributed by atoms with Crippen LogP contribution in [0.15, 0.2) is 30.3 Å². The molecule has 1 atom stereocenters. The monoisotopic (exact) mass is 236 g/mol.